The lowest BCUT2D eigenvalue weighted by Gasteiger charge is -2.32. The normalized spacial score (nSPS) is 17.8. The van der Waals surface area contributed by atoms with Crippen molar-refractivity contribution in [1.29, 1.82) is 0 Å². The molecule has 1 aliphatic heterocycles. The van der Waals surface area contributed by atoms with Crippen LogP contribution in [0.4, 0.5) is 5.69 Å². The lowest BCUT2D eigenvalue weighted by molar-refractivity contribution is 0.00578. The van der Waals surface area contributed by atoms with Crippen LogP contribution in [0, 0.1) is 0 Å². The van der Waals surface area contributed by atoms with Crippen molar-refractivity contribution < 1.29 is 14.0 Å². The maximum Gasteiger partial charge on any atom is 0.496 e. The Balaban J connectivity index is 1.91. The van der Waals surface area contributed by atoms with Gasteiger partial charge in [0.2, 0.25) is 5.88 Å². The molecule has 2 heterocycles. The van der Waals surface area contributed by atoms with E-state index < -0.39 is 7.12 Å². The number of ether oxygens (including phenoxy) is 1. The number of hydrogen-bond acceptors (Lipinski definition) is 5. The van der Waals surface area contributed by atoms with Gasteiger partial charge in [-0.2, -0.15) is 0 Å². The topological polar surface area (TPSA) is 43.8 Å². The number of benzene rings is 1. The number of pyridine rings is 1. The molecule has 0 atom stereocenters. The van der Waals surface area contributed by atoms with E-state index in [4.69, 9.17) is 14.0 Å². The van der Waals surface area contributed by atoms with Crippen LogP contribution in [0.5, 0.6) is 5.88 Å². The Bertz CT molecular complexity index is 793. The predicted octanol–water partition coefficient (Wildman–Crippen LogP) is 3.80. The van der Waals surface area contributed by atoms with Gasteiger partial charge >= 0.3 is 7.12 Å². The van der Waals surface area contributed by atoms with Crippen LogP contribution in [-0.2, 0) is 15.9 Å². The third kappa shape index (κ3) is 4.34. The van der Waals surface area contributed by atoms with Gasteiger partial charge in [0, 0.05) is 25.3 Å². The lowest BCUT2D eigenvalue weighted by Crippen LogP contribution is -2.41. The van der Waals surface area contributed by atoms with Crippen LogP contribution in [0.15, 0.2) is 42.6 Å². The van der Waals surface area contributed by atoms with Crippen LogP contribution >= 0.6 is 0 Å². The first-order valence-electron chi connectivity index (χ1n) is 9.86. The Morgan fingerprint density at radius 3 is 2.25 bits per heavy atom. The summed E-state index contributed by atoms with van der Waals surface area (Å²) in [5.74, 6) is 0.619. The van der Waals surface area contributed by atoms with Gasteiger partial charge in [0.15, 0.2) is 0 Å². The summed E-state index contributed by atoms with van der Waals surface area (Å²) in [6.45, 7) is 13.0. The van der Waals surface area contributed by atoms with Crippen LogP contribution in [0.1, 0.15) is 47.1 Å². The molecule has 0 radical (unpaired) electrons. The second-order valence-electron chi connectivity index (χ2n) is 8.69. The average molecular weight is 382 g/mol. The summed E-state index contributed by atoms with van der Waals surface area (Å²) < 4.78 is 18.4. The summed E-state index contributed by atoms with van der Waals surface area (Å²) in [4.78, 5) is 6.75. The van der Waals surface area contributed by atoms with Crippen molar-refractivity contribution in [2.24, 2.45) is 0 Å². The highest BCUT2D eigenvalue weighted by atomic mass is 16.7. The van der Waals surface area contributed by atoms with Crippen molar-refractivity contribution in [3.8, 4) is 5.88 Å². The molecule has 5 nitrogen and oxygen atoms in total. The molecule has 0 saturated carbocycles. The fourth-order valence-electron chi connectivity index (χ4n) is 3.09. The van der Waals surface area contributed by atoms with Crippen molar-refractivity contribution in [1.82, 2.24) is 4.98 Å². The Kier molecular flexibility index (Phi) is 5.73. The number of nitrogens with zero attached hydrogens (tertiary/aromatic N) is 2. The lowest BCUT2D eigenvalue weighted by atomic mass is 9.80. The molecule has 2 aromatic rings. The minimum absolute atomic E-state index is 0.0408. The summed E-state index contributed by atoms with van der Waals surface area (Å²) in [6, 6.07) is 12.4. The van der Waals surface area contributed by atoms with Crippen molar-refractivity contribution in [3.63, 3.8) is 0 Å². The molecule has 0 bridgehead atoms. The molecule has 0 amide bonds. The van der Waals surface area contributed by atoms with Gasteiger partial charge in [0.25, 0.3) is 0 Å². The highest BCUT2D eigenvalue weighted by Crippen LogP contribution is 2.37. The molecule has 0 N–H and O–H groups in total. The summed E-state index contributed by atoms with van der Waals surface area (Å²) in [7, 11) is 1.60. The third-order valence-corrected chi connectivity index (χ3v) is 5.40. The van der Waals surface area contributed by atoms with Crippen molar-refractivity contribution in [3.05, 3.63) is 48.2 Å². The van der Waals surface area contributed by atoms with Crippen LogP contribution in [0.2, 0.25) is 0 Å². The fraction of sp³-hybridized carbons (Fsp3) is 0.500. The maximum absolute atomic E-state index is 6.20. The second-order valence-corrected chi connectivity index (χ2v) is 8.69. The standard InChI is InChI=1S/C22H31BN2O3/c1-16(2)26-20-19(25(7)15-17-11-9-8-10-12-17)13-18(14-24-20)23-27-21(3,4)22(5,6)28-23/h8-14,16H,15H2,1-7H3. The van der Waals surface area contributed by atoms with Crippen molar-refractivity contribution in [2.75, 3.05) is 11.9 Å². The highest BCUT2D eigenvalue weighted by molar-refractivity contribution is 6.62. The van der Waals surface area contributed by atoms with Crippen LogP contribution < -0.4 is 15.1 Å². The largest absolute Gasteiger partial charge is 0.496 e. The predicted molar refractivity (Wildman–Crippen MR) is 114 cm³/mol. The fourth-order valence-corrected chi connectivity index (χ4v) is 3.09. The maximum atomic E-state index is 6.20. The summed E-state index contributed by atoms with van der Waals surface area (Å²) in [5, 5.41) is 0. The smallest absolute Gasteiger partial charge is 0.473 e. The Morgan fingerprint density at radius 1 is 1.07 bits per heavy atom. The minimum atomic E-state index is -0.450. The molecule has 1 aromatic carbocycles. The molecule has 1 saturated heterocycles. The number of hydrogen-bond donors (Lipinski definition) is 0. The van der Waals surface area contributed by atoms with E-state index in [-0.39, 0.29) is 17.3 Å². The highest BCUT2D eigenvalue weighted by Gasteiger charge is 2.52. The minimum Gasteiger partial charge on any atom is -0.473 e. The monoisotopic (exact) mass is 382 g/mol. The zero-order valence-electron chi connectivity index (χ0n) is 18.0. The zero-order valence-corrected chi connectivity index (χ0v) is 18.0. The van der Waals surface area contributed by atoms with E-state index in [1.807, 2.05) is 39.1 Å². The molecular weight excluding hydrogens is 351 g/mol. The quantitative estimate of drug-likeness (QED) is 0.711. The molecule has 3 rings (SSSR count). The number of rotatable bonds is 6. The Hall–Kier alpha value is -2.05. The van der Waals surface area contributed by atoms with Crippen LogP contribution in [0.3, 0.4) is 0 Å². The molecule has 150 valence electrons. The molecule has 1 fully saturated rings. The van der Waals surface area contributed by atoms with E-state index in [2.05, 4.69) is 55.8 Å². The van der Waals surface area contributed by atoms with Gasteiger partial charge in [-0.15, -0.1) is 0 Å². The van der Waals surface area contributed by atoms with Gasteiger partial charge in [0.05, 0.1) is 23.0 Å². The van der Waals surface area contributed by atoms with E-state index in [0.717, 1.165) is 17.7 Å². The molecule has 28 heavy (non-hydrogen) atoms. The number of anilines is 1. The van der Waals surface area contributed by atoms with Gasteiger partial charge in [-0.05, 0) is 53.2 Å². The van der Waals surface area contributed by atoms with E-state index in [1.54, 1.807) is 6.20 Å². The SMILES string of the molecule is CC(C)Oc1ncc(B2OC(C)(C)C(C)(C)O2)cc1N(C)Cc1ccccc1. The van der Waals surface area contributed by atoms with Gasteiger partial charge in [-0.1, -0.05) is 30.3 Å². The first-order valence-corrected chi connectivity index (χ1v) is 9.86. The van der Waals surface area contributed by atoms with Crippen LogP contribution in [-0.4, -0.2) is 36.5 Å². The van der Waals surface area contributed by atoms with E-state index in [1.165, 1.54) is 5.56 Å². The molecule has 0 aliphatic carbocycles. The first kappa shape index (κ1) is 20.7. The first-order chi connectivity index (χ1) is 13.1. The van der Waals surface area contributed by atoms with Crippen molar-refractivity contribution >= 4 is 18.3 Å². The van der Waals surface area contributed by atoms with Gasteiger partial charge < -0.3 is 18.9 Å². The van der Waals surface area contributed by atoms with Gasteiger partial charge in [0.1, 0.15) is 0 Å². The Labute approximate surface area is 169 Å². The molecule has 0 spiro atoms. The molecule has 0 unspecified atom stereocenters. The van der Waals surface area contributed by atoms with E-state index in [0.29, 0.717) is 5.88 Å². The summed E-state index contributed by atoms with van der Waals surface area (Å²) in [6.07, 6.45) is 1.83. The van der Waals surface area contributed by atoms with Crippen molar-refractivity contribution in [2.45, 2.75) is 65.4 Å². The summed E-state index contributed by atoms with van der Waals surface area (Å²) >= 11 is 0. The second kappa shape index (κ2) is 7.76. The third-order valence-electron chi connectivity index (χ3n) is 5.40. The molecule has 1 aliphatic rings. The van der Waals surface area contributed by atoms with Gasteiger partial charge in [-0.3, -0.25) is 0 Å². The van der Waals surface area contributed by atoms with Crippen LogP contribution in [0.25, 0.3) is 0 Å². The Morgan fingerprint density at radius 2 is 1.68 bits per heavy atom. The van der Waals surface area contributed by atoms with Gasteiger partial charge in [-0.25, -0.2) is 4.98 Å². The van der Waals surface area contributed by atoms with E-state index in [9.17, 15) is 0 Å². The molecular formula is C22H31BN2O3. The molecule has 6 heteroatoms. The number of aromatic nitrogens is 1. The zero-order chi connectivity index (χ0) is 20.5. The average Bonchev–Trinajstić information content (AvgIpc) is 2.83. The molecule has 1 aromatic heterocycles. The van der Waals surface area contributed by atoms with E-state index >= 15 is 0 Å². The summed E-state index contributed by atoms with van der Waals surface area (Å²) in [5.41, 5.74) is 2.26.